The molecule has 56 valence electrons. The fraction of sp³-hybridized carbons (Fsp3) is 0.800. The molecule has 0 saturated heterocycles. The van der Waals surface area contributed by atoms with Crippen LogP contribution in [0, 0.1) is 17.3 Å². The average Bonchev–Trinajstić information content (AvgIpc) is 2.09. The number of allylic oxidation sites excluding steroid dienone is 2. The Labute approximate surface area is 63.3 Å². The third kappa shape index (κ3) is 0.624. The zero-order valence-electron chi connectivity index (χ0n) is 7.15. The first-order chi connectivity index (χ1) is 4.61. The van der Waals surface area contributed by atoms with Crippen LogP contribution in [0.25, 0.3) is 0 Å². The van der Waals surface area contributed by atoms with E-state index in [1.807, 2.05) is 0 Å². The van der Waals surface area contributed by atoms with Crippen LogP contribution in [0.15, 0.2) is 11.6 Å². The van der Waals surface area contributed by atoms with E-state index < -0.39 is 0 Å². The molecule has 10 heavy (non-hydrogen) atoms. The minimum atomic E-state index is 0.652. The Balaban J connectivity index is 2.15. The lowest BCUT2D eigenvalue weighted by molar-refractivity contribution is 0.0258. The van der Waals surface area contributed by atoms with E-state index in [9.17, 15) is 0 Å². The highest BCUT2D eigenvalue weighted by Gasteiger charge is 2.49. The monoisotopic (exact) mass is 136 g/mol. The van der Waals surface area contributed by atoms with Crippen molar-refractivity contribution in [2.24, 2.45) is 17.3 Å². The van der Waals surface area contributed by atoms with Crippen LogP contribution in [-0.4, -0.2) is 0 Å². The van der Waals surface area contributed by atoms with E-state index in [0.29, 0.717) is 5.41 Å². The summed E-state index contributed by atoms with van der Waals surface area (Å²) < 4.78 is 0. The van der Waals surface area contributed by atoms with Crippen LogP contribution in [0.4, 0.5) is 0 Å². The van der Waals surface area contributed by atoms with Crippen molar-refractivity contribution in [3.63, 3.8) is 0 Å². The molecule has 2 aliphatic carbocycles. The van der Waals surface area contributed by atoms with Crippen LogP contribution in [0.2, 0.25) is 0 Å². The molecule has 0 heterocycles. The molecule has 0 spiro atoms. The van der Waals surface area contributed by atoms with Gasteiger partial charge in [0.05, 0.1) is 0 Å². The van der Waals surface area contributed by atoms with E-state index in [1.54, 1.807) is 5.57 Å². The van der Waals surface area contributed by atoms with Gasteiger partial charge >= 0.3 is 0 Å². The second kappa shape index (κ2) is 1.66. The third-order valence-electron chi connectivity index (χ3n) is 3.51. The maximum atomic E-state index is 2.43. The zero-order chi connectivity index (χ0) is 7.35. The highest BCUT2D eigenvalue weighted by atomic mass is 14.5. The van der Waals surface area contributed by atoms with Crippen molar-refractivity contribution in [1.82, 2.24) is 0 Å². The molecule has 2 atom stereocenters. The summed E-state index contributed by atoms with van der Waals surface area (Å²) in [4.78, 5) is 0. The highest BCUT2D eigenvalue weighted by molar-refractivity contribution is 5.21. The highest BCUT2D eigenvalue weighted by Crippen LogP contribution is 2.58. The molecule has 0 heteroatoms. The number of hydrogen-bond acceptors (Lipinski definition) is 0. The molecule has 0 N–H and O–H groups in total. The lowest BCUT2D eigenvalue weighted by atomic mass is 9.56. The van der Waals surface area contributed by atoms with Crippen molar-refractivity contribution in [3.05, 3.63) is 11.6 Å². The van der Waals surface area contributed by atoms with Crippen LogP contribution in [0.5, 0.6) is 0 Å². The molecule has 1 fully saturated rings. The Hall–Kier alpha value is -0.260. The molecule has 2 rings (SSSR count). The molecule has 0 bridgehead atoms. The van der Waals surface area contributed by atoms with Crippen LogP contribution in [0.3, 0.4) is 0 Å². The Morgan fingerprint density at radius 1 is 1.50 bits per heavy atom. The van der Waals surface area contributed by atoms with Gasteiger partial charge in [-0.2, -0.15) is 0 Å². The predicted octanol–water partition coefficient (Wildman–Crippen LogP) is 3.00. The first-order valence-corrected chi connectivity index (χ1v) is 4.28. The van der Waals surface area contributed by atoms with Gasteiger partial charge < -0.3 is 0 Å². The van der Waals surface area contributed by atoms with Crippen molar-refractivity contribution >= 4 is 0 Å². The molecule has 0 aromatic heterocycles. The van der Waals surface area contributed by atoms with Crippen molar-refractivity contribution < 1.29 is 0 Å². The van der Waals surface area contributed by atoms with Crippen LogP contribution in [0.1, 0.15) is 33.6 Å². The van der Waals surface area contributed by atoms with Gasteiger partial charge in [-0.3, -0.25) is 0 Å². The second-order valence-electron chi connectivity index (χ2n) is 4.59. The molecule has 0 aliphatic heterocycles. The van der Waals surface area contributed by atoms with Gasteiger partial charge in [-0.15, -0.1) is 0 Å². The van der Waals surface area contributed by atoms with E-state index in [0.717, 1.165) is 11.8 Å². The topological polar surface area (TPSA) is 0 Å². The third-order valence-corrected chi connectivity index (χ3v) is 3.51. The molecular weight excluding hydrogens is 120 g/mol. The second-order valence-corrected chi connectivity index (χ2v) is 4.59. The minimum absolute atomic E-state index is 0.652. The molecule has 0 aromatic rings. The predicted molar refractivity (Wildman–Crippen MR) is 43.8 cm³/mol. The summed E-state index contributed by atoms with van der Waals surface area (Å²) in [6.07, 6.45) is 5.22. The maximum absolute atomic E-state index is 2.43. The summed E-state index contributed by atoms with van der Waals surface area (Å²) in [6.45, 7) is 7.10. The van der Waals surface area contributed by atoms with E-state index in [2.05, 4.69) is 26.8 Å². The van der Waals surface area contributed by atoms with Crippen LogP contribution < -0.4 is 0 Å². The maximum Gasteiger partial charge on any atom is -0.0164 e. The Kier molecular flexibility index (Phi) is 1.07. The normalized spacial score (nSPS) is 42.1. The van der Waals surface area contributed by atoms with Gasteiger partial charge in [0.15, 0.2) is 0 Å². The molecular formula is C10H16. The van der Waals surface area contributed by atoms with Gasteiger partial charge in [-0.25, -0.2) is 0 Å². The number of rotatable bonds is 0. The van der Waals surface area contributed by atoms with E-state index in [-0.39, 0.29) is 0 Å². The molecule has 1 saturated carbocycles. The molecule has 0 aromatic carbocycles. The first-order valence-electron chi connectivity index (χ1n) is 4.28. The largest absolute Gasteiger partial charge is 0.0850 e. The Bertz CT molecular complexity index is 186. The zero-order valence-corrected chi connectivity index (χ0v) is 7.15. The fourth-order valence-electron chi connectivity index (χ4n) is 2.67. The van der Waals surface area contributed by atoms with E-state index >= 15 is 0 Å². The molecule has 0 radical (unpaired) electrons. The van der Waals surface area contributed by atoms with Gasteiger partial charge in [-0.05, 0) is 37.0 Å². The fourth-order valence-corrected chi connectivity index (χ4v) is 2.67. The summed E-state index contributed by atoms with van der Waals surface area (Å²) >= 11 is 0. The number of hydrogen-bond donors (Lipinski definition) is 0. The van der Waals surface area contributed by atoms with Crippen molar-refractivity contribution in [2.45, 2.75) is 33.6 Å². The summed E-state index contributed by atoms with van der Waals surface area (Å²) in [5.74, 6) is 1.96. The lowest BCUT2D eigenvalue weighted by Gasteiger charge is -2.49. The molecule has 0 nitrogen and oxygen atoms in total. The summed E-state index contributed by atoms with van der Waals surface area (Å²) in [5, 5.41) is 0. The van der Waals surface area contributed by atoms with Gasteiger partial charge in [0.2, 0.25) is 0 Å². The molecule has 2 unspecified atom stereocenters. The van der Waals surface area contributed by atoms with E-state index in [4.69, 9.17) is 0 Å². The average molecular weight is 136 g/mol. The van der Waals surface area contributed by atoms with Crippen molar-refractivity contribution in [1.29, 1.82) is 0 Å². The molecule has 0 amide bonds. The van der Waals surface area contributed by atoms with Crippen LogP contribution >= 0.6 is 0 Å². The summed E-state index contributed by atoms with van der Waals surface area (Å²) in [6, 6.07) is 0. The van der Waals surface area contributed by atoms with Crippen LogP contribution in [-0.2, 0) is 0 Å². The summed E-state index contributed by atoms with van der Waals surface area (Å²) in [5.41, 5.74) is 2.31. The van der Waals surface area contributed by atoms with Gasteiger partial charge in [0, 0.05) is 0 Å². The Morgan fingerprint density at radius 3 is 2.60 bits per heavy atom. The minimum Gasteiger partial charge on any atom is -0.0850 e. The van der Waals surface area contributed by atoms with Crippen molar-refractivity contribution in [2.75, 3.05) is 0 Å². The Morgan fingerprint density at radius 2 is 2.20 bits per heavy atom. The SMILES string of the molecule is CC1=CCC2C1CC2(C)C. The number of fused-ring (bicyclic) bond motifs is 1. The van der Waals surface area contributed by atoms with Gasteiger partial charge in [0.25, 0.3) is 0 Å². The molecule has 2 aliphatic rings. The first kappa shape index (κ1) is 6.45. The lowest BCUT2D eigenvalue weighted by Crippen LogP contribution is -2.41. The van der Waals surface area contributed by atoms with E-state index in [1.165, 1.54) is 12.8 Å². The van der Waals surface area contributed by atoms with Gasteiger partial charge in [-0.1, -0.05) is 25.5 Å². The smallest absolute Gasteiger partial charge is 0.0164 e. The summed E-state index contributed by atoms with van der Waals surface area (Å²) in [7, 11) is 0. The quantitative estimate of drug-likeness (QED) is 0.449. The standard InChI is InChI=1S/C10H16/c1-7-4-5-9-8(7)6-10(9,2)3/h4,8-9H,5-6H2,1-3H3. The van der Waals surface area contributed by atoms with Gasteiger partial charge in [0.1, 0.15) is 0 Å². The van der Waals surface area contributed by atoms with Crippen molar-refractivity contribution in [3.8, 4) is 0 Å².